The van der Waals surface area contributed by atoms with Gasteiger partial charge in [0, 0.05) is 12.8 Å². The first kappa shape index (κ1) is 29.5. The Hall–Kier alpha value is -2.49. The maximum atomic E-state index is 14.5. The van der Waals surface area contributed by atoms with Crippen LogP contribution >= 0.6 is 0 Å². The highest BCUT2D eigenvalue weighted by Crippen LogP contribution is 2.38. The van der Waals surface area contributed by atoms with Crippen molar-refractivity contribution in [2.45, 2.75) is 103 Å². The number of alkyl halides is 2. The van der Waals surface area contributed by atoms with E-state index in [0.717, 1.165) is 11.8 Å². The molecule has 10 heteroatoms. The number of halogens is 2. The Morgan fingerprint density at radius 2 is 1.65 bits per heavy atom. The maximum absolute atomic E-state index is 14.5. The van der Waals surface area contributed by atoms with Gasteiger partial charge in [0.25, 0.3) is 5.92 Å². The third-order valence-electron chi connectivity index (χ3n) is 5.06. The lowest BCUT2D eigenvalue weighted by atomic mass is 9.87. The number of likely N-dealkylation sites (tertiary alicyclic amines) is 1. The van der Waals surface area contributed by atoms with Gasteiger partial charge in [0.05, 0.1) is 12.1 Å². The predicted octanol–water partition coefficient (Wildman–Crippen LogP) is 3.59. The fraction of sp³-hybridized carbons (Fsp3) is 0.708. The van der Waals surface area contributed by atoms with Crippen LogP contribution in [-0.2, 0) is 19.1 Å². The standard InChI is InChI=1S/C24H38F2N2O6/c1-10-12-15-13-16(20(31)33-22(4,5)6)28(21(32)34-23(7,8)9)18(15)17(27-14(3)29)19(30)24(25,26)11-2/h10-12,15-19,30H,2,13H2,1,3-9H3,(H,27,29)/b12-10-/t15-,16-,17-,18-,19+/m1/s1. The Balaban J connectivity index is 3.70. The lowest BCUT2D eigenvalue weighted by molar-refractivity contribution is -0.161. The number of aliphatic hydroxyl groups excluding tert-OH is 1. The quantitative estimate of drug-likeness (QED) is 0.419. The van der Waals surface area contributed by atoms with Gasteiger partial charge in [-0.15, -0.1) is 0 Å². The first-order chi connectivity index (χ1) is 15.3. The molecule has 0 aromatic heterocycles. The van der Waals surface area contributed by atoms with E-state index >= 15 is 0 Å². The number of carbonyl (C=O) groups excluding carboxylic acids is 3. The lowest BCUT2D eigenvalue weighted by Gasteiger charge is -2.40. The van der Waals surface area contributed by atoms with Crippen molar-refractivity contribution in [3.63, 3.8) is 0 Å². The number of hydrogen-bond donors (Lipinski definition) is 2. The van der Waals surface area contributed by atoms with Crippen LogP contribution in [-0.4, -0.2) is 69.3 Å². The lowest BCUT2D eigenvalue weighted by Crippen LogP contribution is -2.63. The summed E-state index contributed by atoms with van der Waals surface area (Å²) in [5.74, 6) is -5.92. The zero-order valence-corrected chi connectivity index (χ0v) is 21.2. The summed E-state index contributed by atoms with van der Waals surface area (Å²) in [7, 11) is 0. The molecular weight excluding hydrogens is 450 g/mol. The number of hydrogen-bond acceptors (Lipinski definition) is 6. The summed E-state index contributed by atoms with van der Waals surface area (Å²) < 4.78 is 40.0. The number of amides is 2. The van der Waals surface area contributed by atoms with Crippen molar-refractivity contribution in [2.24, 2.45) is 5.92 Å². The number of allylic oxidation sites excluding steroid dienone is 1. The van der Waals surface area contributed by atoms with Gasteiger partial charge >= 0.3 is 12.1 Å². The number of rotatable bonds is 7. The van der Waals surface area contributed by atoms with Crippen molar-refractivity contribution in [1.82, 2.24) is 10.2 Å². The van der Waals surface area contributed by atoms with Gasteiger partial charge in [0.2, 0.25) is 5.91 Å². The van der Waals surface area contributed by atoms with Crippen molar-refractivity contribution in [2.75, 3.05) is 0 Å². The SMILES string of the molecule is C=CC(F)(F)[C@@H](O)[C@H](NC(C)=O)[C@H]1[C@H](/C=C\C)C[C@H](C(=O)OC(C)(C)C)N1C(=O)OC(C)(C)C. The zero-order valence-electron chi connectivity index (χ0n) is 21.2. The molecule has 0 aromatic rings. The normalized spacial score (nSPS) is 23.4. The molecule has 1 heterocycles. The number of carbonyl (C=O) groups is 3. The molecule has 1 aliphatic heterocycles. The Bertz CT molecular complexity index is 800. The molecule has 1 saturated heterocycles. The van der Waals surface area contributed by atoms with Crippen molar-refractivity contribution in [1.29, 1.82) is 0 Å². The zero-order chi connectivity index (χ0) is 26.6. The van der Waals surface area contributed by atoms with E-state index < -0.39 is 65.2 Å². The van der Waals surface area contributed by atoms with Crippen LogP contribution in [0, 0.1) is 5.92 Å². The molecule has 1 rings (SSSR count). The highest BCUT2D eigenvalue weighted by molar-refractivity contribution is 5.83. The summed E-state index contributed by atoms with van der Waals surface area (Å²) in [4.78, 5) is 39.4. The molecule has 2 N–H and O–H groups in total. The van der Waals surface area contributed by atoms with Crippen LogP contribution in [0.4, 0.5) is 13.6 Å². The van der Waals surface area contributed by atoms with Gasteiger partial charge in [0.1, 0.15) is 23.3 Å². The van der Waals surface area contributed by atoms with Crippen molar-refractivity contribution in [3.8, 4) is 0 Å². The molecule has 0 unspecified atom stereocenters. The Morgan fingerprint density at radius 1 is 1.12 bits per heavy atom. The minimum Gasteiger partial charge on any atom is -0.458 e. The maximum Gasteiger partial charge on any atom is 0.411 e. The minimum absolute atomic E-state index is 0.0195. The molecular formula is C24H38F2N2O6. The number of nitrogens with zero attached hydrogens (tertiary/aromatic N) is 1. The van der Waals surface area contributed by atoms with Gasteiger partial charge in [0.15, 0.2) is 0 Å². The highest BCUT2D eigenvalue weighted by atomic mass is 19.3. The van der Waals surface area contributed by atoms with Crippen LogP contribution in [0.3, 0.4) is 0 Å². The fourth-order valence-electron chi connectivity index (χ4n) is 3.89. The summed E-state index contributed by atoms with van der Waals surface area (Å²) in [6.07, 6.45) is 0.186. The second kappa shape index (κ2) is 10.8. The van der Waals surface area contributed by atoms with E-state index in [4.69, 9.17) is 9.47 Å². The number of esters is 1. The molecule has 1 aliphatic rings. The first-order valence-corrected chi connectivity index (χ1v) is 11.2. The molecule has 8 nitrogen and oxygen atoms in total. The van der Waals surface area contributed by atoms with E-state index in [-0.39, 0.29) is 12.5 Å². The number of aliphatic hydroxyl groups is 1. The van der Waals surface area contributed by atoms with E-state index in [1.54, 1.807) is 60.6 Å². The average molecular weight is 489 g/mol. The Kier molecular flexibility index (Phi) is 9.42. The molecule has 1 fully saturated rings. The summed E-state index contributed by atoms with van der Waals surface area (Å²) in [5, 5.41) is 13.0. The fourth-order valence-corrected chi connectivity index (χ4v) is 3.89. The molecule has 0 aliphatic carbocycles. The topological polar surface area (TPSA) is 105 Å². The Labute approximate surface area is 200 Å². The predicted molar refractivity (Wildman–Crippen MR) is 123 cm³/mol. The van der Waals surface area contributed by atoms with Gasteiger partial charge in [-0.2, -0.15) is 8.78 Å². The third kappa shape index (κ3) is 7.78. The van der Waals surface area contributed by atoms with Crippen LogP contribution in [0.15, 0.2) is 24.8 Å². The third-order valence-corrected chi connectivity index (χ3v) is 5.06. The molecule has 2 amide bonds. The minimum atomic E-state index is -3.79. The van der Waals surface area contributed by atoms with Crippen LogP contribution < -0.4 is 5.32 Å². The van der Waals surface area contributed by atoms with Crippen molar-refractivity contribution in [3.05, 3.63) is 24.8 Å². The van der Waals surface area contributed by atoms with E-state index in [1.807, 2.05) is 0 Å². The number of nitrogens with one attached hydrogen (secondary N) is 1. The second-order valence-electron chi connectivity index (χ2n) is 10.4. The largest absolute Gasteiger partial charge is 0.458 e. The summed E-state index contributed by atoms with van der Waals surface area (Å²) in [6.45, 7) is 15.7. The van der Waals surface area contributed by atoms with Crippen LogP contribution in [0.1, 0.15) is 61.8 Å². The highest BCUT2D eigenvalue weighted by Gasteiger charge is 2.56. The van der Waals surface area contributed by atoms with Crippen LogP contribution in [0.2, 0.25) is 0 Å². The molecule has 0 spiro atoms. The first-order valence-electron chi connectivity index (χ1n) is 11.2. The molecule has 0 aromatic carbocycles. The second-order valence-corrected chi connectivity index (χ2v) is 10.4. The molecule has 0 radical (unpaired) electrons. The molecule has 0 bridgehead atoms. The van der Waals surface area contributed by atoms with Gasteiger partial charge in [-0.05, 0) is 61.0 Å². The summed E-state index contributed by atoms with van der Waals surface area (Å²) in [6, 6.07) is -4.08. The van der Waals surface area contributed by atoms with E-state index in [9.17, 15) is 28.3 Å². The van der Waals surface area contributed by atoms with Crippen molar-refractivity contribution < 1.29 is 37.7 Å². The average Bonchev–Trinajstić information content (AvgIpc) is 3.02. The van der Waals surface area contributed by atoms with E-state index in [2.05, 4.69) is 11.9 Å². The summed E-state index contributed by atoms with van der Waals surface area (Å²) in [5.41, 5.74) is -1.84. The Morgan fingerprint density at radius 3 is 2.06 bits per heavy atom. The van der Waals surface area contributed by atoms with Gasteiger partial charge in [-0.25, -0.2) is 9.59 Å². The molecule has 5 atom stereocenters. The monoisotopic (exact) mass is 488 g/mol. The van der Waals surface area contributed by atoms with Crippen LogP contribution in [0.25, 0.3) is 0 Å². The van der Waals surface area contributed by atoms with Gasteiger partial charge in [-0.3, -0.25) is 9.69 Å². The van der Waals surface area contributed by atoms with Crippen molar-refractivity contribution >= 4 is 18.0 Å². The van der Waals surface area contributed by atoms with Gasteiger partial charge in [-0.1, -0.05) is 18.7 Å². The van der Waals surface area contributed by atoms with Crippen LogP contribution in [0.5, 0.6) is 0 Å². The van der Waals surface area contributed by atoms with E-state index in [1.165, 1.54) is 0 Å². The van der Waals surface area contributed by atoms with E-state index in [0.29, 0.717) is 0 Å². The molecule has 194 valence electrons. The molecule has 34 heavy (non-hydrogen) atoms. The molecule has 0 saturated carbocycles. The smallest absolute Gasteiger partial charge is 0.411 e. The summed E-state index contributed by atoms with van der Waals surface area (Å²) >= 11 is 0. The number of ether oxygens (including phenoxy) is 2. The van der Waals surface area contributed by atoms with Gasteiger partial charge < -0.3 is 19.9 Å².